The van der Waals surface area contributed by atoms with Crippen molar-refractivity contribution in [3.8, 4) is 0 Å². The van der Waals surface area contributed by atoms with Crippen molar-refractivity contribution >= 4 is 0 Å². The number of nitrogens with zero attached hydrogens (tertiary/aromatic N) is 1. The van der Waals surface area contributed by atoms with E-state index in [-0.39, 0.29) is 6.10 Å². The predicted octanol–water partition coefficient (Wildman–Crippen LogP) is 3.47. The van der Waals surface area contributed by atoms with E-state index in [4.69, 9.17) is 9.47 Å². The van der Waals surface area contributed by atoms with Gasteiger partial charge >= 0.3 is 0 Å². The minimum Gasteiger partial charge on any atom is -0.377 e. The van der Waals surface area contributed by atoms with E-state index in [0.29, 0.717) is 12.7 Å². The van der Waals surface area contributed by atoms with Crippen molar-refractivity contribution in [2.24, 2.45) is 0 Å². The van der Waals surface area contributed by atoms with Crippen molar-refractivity contribution < 1.29 is 9.47 Å². The number of likely N-dealkylation sites (N-methyl/N-ethyl adjacent to an activating group) is 1. The highest BCUT2D eigenvalue weighted by atomic mass is 16.5. The Balaban J connectivity index is 2.33. The molecule has 3 nitrogen and oxygen atoms in total. The quantitative estimate of drug-likeness (QED) is 0.691. The normalized spacial score (nSPS) is 11.8. The summed E-state index contributed by atoms with van der Waals surface area (Å²) in [5.74, 6) is 0. The Hall–Kier alpha value is -0.900. The summed E-state index contributed by atoms with van der Waals surface area (Å²) in [5, 5.41) is 0. The van der Waals surface area contributed by atoms with Gasteiger partial charge in [-0.05, 0) is 45.9 Å². The van der Waals surface area contributed by atoms with Crippen LogP contribution in [0.1, 0.15) is 38.8 Å². The lowest BCUT2D eigenvalue weighted by Crippen LogP contribution is -2.24. The summed E-state index contributed by atoms with van der Waals surface area (Å²) in [6.45, 7) is 11.6. The standard InChI is InChI=1S/C17H29NO2/c1-14(2)19-11-10-18(5)12-16-6-8-17(9-7-16)13-20-15(3)4/h6-9,14-15H,10-13H2,1-5H3. The summed E-state index contributed by atoms with van der Waals surface area (Å²) in [7, 11) is 2.12. The van der Waals surface area contributed by atoms with Gasteiger partial charge in [0, 0.05) is 13.1 Å². The molecule has 0 fully saturated rings. The Kier molecular flexibility index (Phi) is 7.82. The molecule has 0 bridgehead atoms. The summed E-state index contributed by atoms with van der Waals surface area (Å²) in [4.78, 5) is 2.28. The minimum absolute atomic E-state index is 0.279. The second-order valence-electron chi connectivity index (χ2n) is 5.83. The van der Waals surface area contributed by atoms with Crippen molar-refractivity contribution in [3.05, 3.63) is 35.4 Å². The molecular weight excluding hydrogens is 250 g/mol. The number of ether oxygens (including phenoxy) is 2. The first kappa shape index (κ1) is 17.2. The van der Waals surface area contributed by atoms with Gasteiger partial charge in [-0.25, -0.2) is 0 Å². The Morgan fingerprint density at radius 2 is 1.45 bits per heavy atom. The molecule has 1 aromatic rings. The monoisotopic (exact) mass is 279 g/mol. The molecular formula is C17H29NO2. The van der Waals surface area contributed by atoms with Gasteiger partial charge in [0.05, 0.1) is 25.4 Å². The molecule has 3 heteroatoms. The first-order valence-corrected chi connectivity index (χ1v) is 7.47. The average Bonchev–Trinajstić information content (AvgIpc) is 2.37. The van der Waals surface area contributed by atoms with Crippen LogP contribution in [0.3, 0.4) is 0 Å². The number of hydrogen-bond donors (Lipinski definition) is 0. The van der Waals surface area contributed by atoms with Crippen LogP contribution < -0.4 is 0 Å². The lowest BCUT2D eigenvalue weighted by molar-refractivity contribution is 0.0627. The van der Waals surface area contributed by atoms with Crippen molar-refractivity contribution in [2.45, 2.75) is 53.1 Å². The summed E-state index contributed by atoms with van der Waals surface area (Å²) >= 11 is 0. The second-order valence-corrected chi connectivity index (χ2v) is 5.83. The van der Waals surface area contributed by atoms with Gasteiger partial charge in [-0.2, -0.15) is 0 Å². The molecule has 0 atom stereocenters. The van der Waals surface area contributed by atoms with Crippen LogP contribution in [0.15, 0.2) is 24.3 Å². The Morgan fingerprint density at radius 3 is 2.00 bits per heavy atom. The smallest absolute Gasteiger partial charge is 0.0720 e. The fourth-order valence-corrected chi connectivity index (χ4v) is 1.84. The van der Waals surface area contributed by atoms with Crippen LogP contribution in [0.2, 0.25) is 0 Å². The van der Waals surface area contributed by atoms with Crippen molar-refractivity contribution in [3.63, 3.8) is 0 Å². The van der Waals surface area contributed by atoms with Crippen LogP contribution >= 0.6 is 0 Å². The molecule has 1 rings (SSSR count). The number of rotatable bonds is 9. The topological polar surface area (TPSA) is 21.7 Å². The molecule has 0 heterocycles. The fraction of sp³-hybridized carbons (Fsp3) is 0.647. The molecule has 114 valence electrons. The van der Waals surface area contributed by atoms with E-state index in [2.05, 4.69) is 63.9 Å². The molecule has 20 heavy (non-hydrogen) atoms. The first-order valence-electron chi connectivity index (χ1n) is 7.47. The Labute approximate surface area is 123 Å². The van der Waals surface area contributed by atoms with Gasteiger partial charge in [0.25, 0.3) is 0 Å². The van der Waals surface area contributed by atoms with Crippen LogP contribution in [0.4, 0.5) is 0 Å². The summed E-state index contributed by atoms with van der Waals surface area (Å²) in [5.41, 5.74) is 2.55. The van der Waals surface area contributed by atoms with E-state index in [0.717, 1.165) is 19.7 Å². The average molecular weight is 279 g/mol. The Morgan fingerprint density at radius 1 is 0.900 bits per heavy atom. The van der Waals surface area contributed by atoms with Gasteiger partial charge in [-0.3, -0.25) is 4.90 Å². The maximum atomic E-state index is 5.60. The third-order valence-corrected chi connectivity index (χ3v) is 2.98. The molecule has 0 radical (unpaired) electrons. The molecule has 0 aliphatic carbocycles. The van der Waals surface area contributed by atoms with Gasteiger partial charge in [0.2, 0.25) is 0 Å². The molecule has 0 unspecified atom stereocenters. The van der Waals surface area contributed by atoms with Crippen LogP contribution in [0.25, 0.3) is 0 Å². The van der Waals surface area contributed by atoms with Crippen LogP contribution in [-0.2, 0) is 22.6 Å². The minimum atomic E-state index is 0.279. The number of benzene rings is 1. The first-order chi connectivity index (χ1) is 9.47. The lowest BCUT2D eigenvalue weighted by atomic mass is 10.1. The molecule has 0 saturated heterocycles. The van der Waals surface area contributed by atoms with Gasteiger partial charge < -0.3 is 9.47 Å². The largest absolute Gasteiger partial charge is 0.377 e. The van der Waals surface area contributed by atoms with Crippen LogP contribution in [0.5, 0.6) is 0 Å². The highest BCUT2D eigenvalue weighted by Gasteiger charge is 2.02. The zero-order chi connectivity index (χ0) is 15.0. The second kappa shape index (κ2) is 9.11. The van der Waals surface area contributed by atoms with Gasteiger partial charge in [-0.15, -0.1) is 0 Å². The van der Waals surface area contributed by atoms with Gasteiger partial charge in [0.1, 0.15) is 0 Å². The van der Waals surface area contributed by atoms with Crippen LogP contribution in [-0.4, -0.2) is 37.3 Å². The summed E-state index contributed by atoms with van der Waals surface area (Å²) in [6.07, 6.45) is 0.588. The van der Waals surface area contributed by atoms with E-state index >= 15 is 0 Å². The van der Waals surface area contributed by atoms with E-state index in [1.54, 1.807) is 0 Å². The van der Waals surface area contributed by atoms with E-state index < -0.39 is 0 Å². The number of hydrogen-bond acceptors (Lipinski definition) is 3. The maximum absolute atomic E-state index is 5.60. The van der Waals surface area contributed by atoms with Crippen LogP contribution in [0, 0.1) is 0 Å². The molecule has 0 aromatic heterocycles. The summed E-state index contributed by atoms with van der Waals surface area (Å²) in [6, 6.07) is 8.66. The Bertz CT molecular complexity index is 360. The molecule has 0 saturated carbocycles. The highest BCUT2D eigenvalue weighted by molar-refractivity contribution is 5.21. The van der Waals surface area contributed by atoms with Crippen molar-refractivity contribution in [1.29, 1.82) is 0 Å². The van der Waals surface area contributed by atoms with Crippen molar-refractivity contribution in [2.75, 3.05) is 20.2 Å². The molecule has 0 aliphatic heterocycles. The zero-order valence-corrected chi connectivity index (χ0v) is 13.6. The van der Waals surface area contributed by atoms with E-state index in [9.17, 15) is 0 Å². The third kappa shape index (κ3) is 7.63. The molecule has 0 amide bonds. The summed E-state index contributed by atoms with van der Waals surface area (Å²) < 4.78 is 11.2. The van der Waals surface area contributed by atoms with Crippen molar-refractivity contribution in [1.82, 2.24) is 4.90 Å². The fourth-order valence-electron chi connectivity index (χ4n) is 1.84. The highest BCUT2D eigenvalue weighted by Crippen LogP contribution is 2.09. The van der Waals surface area contributed by atoms with Gasteiger partial charge in [-0.1, -0.05) is 24.3 Å². The zero-order valence-electron chi connectivity index (χ0n) is 13.6. The third-order valence-electron chi connectivity index (χ3n) is 2.98. The SMILES string of the molecule is CC(C)OCCN(C)Cc1ccc(COC(C)C)cc1. The van der Waals surface area contributed by atoms with E-state index in [1.165, 1.54) is 11.1 Å². The van der Waals surface area contributed by atoms with Gasteiger partial charge in [0.15, 0.2) is 0 Å². The molecule has 0 spiro atoms. The molecule has 0 aliphatic rings. The molecule has 0 N–H and O–H groups in total. The van der Waals surface area contributed by atoms with E-state index in [1.807, 2.05) is 0 Å². The maximum Gasteiger partial charge on any atom is 0.0720 e. The predicted molar refractivity (Wildman–Crippen MR) is 83.8 cm³/mol. The lowest BCUT2D eigenvalue weighted by Gasteiger charge is -2.18. The molecule has 1 aromatic carbocycles.